The van der Waals surface area contributed by atoms with E-state index in [1.54, 1.807) is 0 Å². The molecule has 0 N–H and O–H groups in total. The lowest BCUT2D eigenvalue weighted by atomic mass is 10.2. The van der Waals surface area contributed by atoms with Crippen LogP contribution in [0.15, 0.2) is 0 Å². The molecule has 0 fully saturated rings. The molecule has 1 radical (unpaired) electrons. The van der Waals surface area contributed by atoms with Gasteiger partial charge in [0.05, 0.1) is 0 Å². The van der Waals surface area contributed by atoms with Crippen LogP contribution < -0.4 is 0 Å². The summed E-state index contributed by atoms with van der Waals surface area (Å²) in [5.41, 5.74) is 0. The third kappa shape index (κ3) is 6.29. The summed E-state index contributed by atoms with van der Waals surface area (Å²) in [7, 11) is 0. The summed E-state index contributed by atoms with van der Waals surface area (Å²) in [4.78, 5) is 0. The van der Waals surface area contributed by atoms with Crippen molar-refractivity contribution in [3.63, 3.8) is 0 Å². The Hall–Kier alpha value is 0.290. The summed E-state index contributed by atoms with van der Waals surface area (Å²) < 4.78 is 0. The highest BCUT2D eigenvalue weighted by Crippen LogP contribution is 1.97. The second-order valence-electron chi connectivity index (χ2n) is 1.59. The van der Waals surface area contributed by atoms with Crippen molar-refractivity contribution in [1.29, 1.82) is 0 Å². The predicted octanol–water partition coefficient (Wildman–Crippen LogP) is 2.62. The Labute approximate surface area is 50.9 Å². The van der Waals surface area contributed by atoms with E-state index in [0.717, 1.165) is 12.3 Å². The average Bonchev–Trinajstić information content (AvgIpc) is 1.69. The summed E-state index contributed by atoms with van der Waals surface area (Å²) >= 11 is 5.42. The van der Waals surface area contributed by atoms with E-state index in [0.29, 0.717) is 0 Å². The zero-order valence-corrected chi connectivity index (χ0v) is 5.54. The van der Waals surface area contributed by atoms with E-state index in [-0.39, 0.29) is 0 Å². The second-order valence-corrected chi connectivity index (χ2v) is 1.97. The van der Waals surface area contributed by atoms with Crippen LogP contribution in [0.2, 0.25) is 0 Å². The van der Waals surface area contributed by atoms with Gasteiger partial charge in [-0.3, -0.25) is 0 Å². The third-order valence-corrected chi connectivity index (χ3v) is 1.14. The van der Waals surface area contributed by atoms with Crippen molar-refractivity contribution in [3.8, 4) is 0 Å². The molecular weight excluding hydrogens is 108 g/mol. The molecule has 0 aliphatic carbocycles. The van der Waals surface area contributed by atoms with Crippen LogP contribution in [0.1, 0.15) is 26.2 Å². The molecule has 0 aromatic carbocycles. The van der Waals surface area contributed by atoms with E-state index < -0.39 is 0 Å². The van der Waals surface area contributed by atoms with Crippen LogP contribution in [0.5, 0.6) is 0 Å². The van der Waals surface area contributed by atoms with Crippen LogP contribution in [0.4, 0.5) is 0 Å². The molecule has 0 amide bonds. The number of alkyl halides is 1. The highest BCUT2D eigenvalue weighted by Gasteiger charge is 1.81. The second kappa shape index (κ2) is 6.29. The topological polar surface area (TPSA) is 0 Å². The van der Waals surface area contributed by atoms with E-state index in [4.69, 9.17) is 11.6 Å². The van der Waals surface area contributed by atoms with Gasteiger partial charge in [0, 0.05) is 5.88 Å². The monoisotopic (exact) mass is 119 g/mol. The van der Waals surface area contributed by atoms with Gasteiger partial charge >= 0.3 is 0 Å². The molecule has 43 valence electrons. The molecule has 0 aromatic heterocycles. The molecule has 0 saturated carbocycles. The Morgan fingerprint density at radius 1 is 1.43 bits per heavy atom. The van der Waals surface area contributed by atoms with Gasteiger partial charge in [0.25, 0.3) is 0 Å². The number of unbranched alkanes of at least 4 members (excludes halogenated alkanes) is 3. The van der Waals surface area contributed by atoms with Gasteiger partial charge in [-0.15, -0.1) is 11.6 Å². The Morgan fingerprint density at radius 2 is 2.14 bits per heavy atom. The maximum Gasteiger partial charge on any atom is 0.0223 e. The van der Waals surface area contributed by atoms with Gasteiger partial charge in [-0.25, -0.2) is 0 Å². The minimum atomic E-state index is 0.813. The van der Waals surface area contributed by atoms with E-state index >= 15 is 0 Å². The average molecular weight is 120 g/mol. The van der Waals surface area contributed by atoms with Crippen LogP contribution in [0.25, 0.3) is 0 Å². The van der Waals surface area contributed by atoms with Gasteiger partial charge in [0.2, 0.25) is 0 Å². The first kappa shape index (κ1) is 7.29. The zero-order valence-electron chi connectivity index (χ0n) is 4.78. The van der Waals surface area contributed by atoms with Crippen LogP contribution in [-0.2, 0) is 0 Å². The fraction of sp³-hybridized carbons (Fsp3) is 0.833. The van der Waals surface area contributed by atoms with Crippen molar-refractivity contribution >= 4 is 11.6 Å². The largest absolute Gasteiger partial charge is 0.127 e. The Morgan fingerprint density at radius 3 is 2.57 bits per heavy atom. The highest BCUT2D eigenvalue weighted by atomic mass is 35.5. The molecule has 0 spiro atoms. The van der Waals surface area contributed by atoms with Crippen molar-refractivity contribution in [2.24, 2.45) is 0 Å². The third-order valence-electron chi connectivity index (χ3n) is 0.876. The number of hydrogen-bond acceptors (Lipinski definition) is 0. The van der Waals surface area contributed by atoms with Crippen LogP contribution in [0.3, 0.4) is 0 Å². The van der Waals surface area contributed by atoms with Crippen molar-refractivity contribution in [2.45, 2.75) is 26.2 Å². The molecule has 0 nitrogen and oxygen atoms in total. The van der Waals surface area contributed by atoms with Crippen LogP contribution in [0, 0.1) is 6.42 Å². The Bertz CT molecular complexity index is 23.4. The van der Waals surface area contributed by atoms with E-state index in [9.17, 15) is 0 Å². The molecule has 0 rings (SSSR count). The first-order valence-corrected chi connectivity index (χ1v) is 3.29. The van der Waals surface area contributed by atoms with Gasteiger partial charge < -0.3 is 0 Å². The molecule has 0 heterocycles. The smallest absolute Gasteiger partial charge is 0.0223 e. The molecule has 0 unspecified atom stereocenters. The van der Waals surface area contributed by atoms with Gasteiger partial charge in [0.1, 0.15) is 0 Å². The maximum absolute atomic E-state index is 5.42. The van der Waals surface area contributed by atoms with Crippen LogP contribution >= 0.6 is 11.6 Å². The van der Waals surface area contributed by atoms with Gasteiger partial charge in [-0.05, 0) is 12.8 Å². The molecule has 7 heavy (non-hydrogen) atoms. The fourth-order valence-electron chi connectivity index (χ4n) is 0.443. The Kier molecular flexibility index (Phi) is 6.55. The van der Waals surface area contributed by atoms with E-state index in [1.807, 2.05) is 0 Å². The predicted molar refractivity (Wildman–Crippen MR) is 34.5 cm³/mol. The minimum Gasteiger partial charge on any atom is -0.127 e. The van der Waals surface area contributed by atoms with Crippen molar-refractivity contribution in [3.05, 3.63) is 6.42 Å². The van der Waals surface area contributed by atoms with Gasteiger partial charge in [-0.1, -0.05) is 19.8 Å². The molecule has 0 aromatic rings. The standard InChI is InChI=1S/C6H12Cl/c1-2-3-4-5-6-7/h2H,3-6H2,1H3. The molecule has 0 bridgehead atoms. The lowest BCUT2D eigenvalue weighted by molar-refractivity contribution is 0.788. The summed E-state index contributed by atoms with van der Waals surface area (Å²) in [5, 5.41) is 0. The summed E-state index contributed by atoms with van der Waals surface area (Å²) in [6.07, 6.45) is 5.80. The Balaban J connectivity index is 2.45. The molecule has 1 heteroatoms. The molecule has 0 aliphatic rings. The maximum atomic E-state index is 5.42. The van der Waals surface area contributed by atoms with Gasteiger partial charge in [-0.2, -0.15) is 0 Å². The quantitative estimate of drug-likeness (QED) is 0.394. The lowest BCUT2D eigenvalue weighted by Gasteiger charge is -1.89. The molecule has 0 saturated heterocycles. The first-order valence-electron chi connectivity index (χ1n) is 2.75. The summed E-state index contributed by atoms with van der Waals surface area (Å²) in [6, 6.07) is 0. The fourth-order valence-corrected chi connectivity index (χ4v) is 0.632. The number of rotatable bonds is 4. The van der Waals surface area contributed by atoms with Gasteiger partial charge in [0.15, 0.2) is 0 Å². The van der Waals surface area contributed by atoms with Crippen molar-refractivity contribution in [2.75, 3.05) is 5.88 Å². The number of hydrogen-bond donors (Lipinski definition) is 0. The normalized spacial score (nSPS) is 9.43. The minimum absolute atomic E-state index is 0.813. The van der Waals surface area contributed by atoms with E-state index in [2.05, 4.69) is 13.3 Å². The molecule has 0 atom stereocenters. The summed E-state index contributed by atoms with van der Waals surface area (Å²) in [6.45, 7) is 2.08. The SMILES string of the molecule is C[CH]CCCCCl. The molecule has 0 aliphatic heterocycles. The van der Waals surface area contributed by atoms with Crippen molar-refractivity contribution < 1.29 is 0 Å². The number of halogens is 1. The zero-order chi connectivity index (χ0) is 5.54. The van der Waals surface area contributed by atoms with Crippen molar-refractivity contribution in [1.82, 2.24) is 0 Å². The van der Waals surface area contributed by atoms with E-state index in [1.165, 1.54) is 12.8 Å². The first-order chi connectivity index (χ1) is 3.41. The highest BCUT2D eigenvalue weighted by molar-refractivity contribution is 6.17. The molecular formula is C6H12Cl. The summed E-state index contributed by atoms with van der Waals surface area (Å²) in [5.74, 6) is 0.813. The van der Waals surface area contributed by atoms with Crippen LogP contribution in [-0.4, -0.2) is 5.88 Å². The lowest BCUT2D eigenvalue weighted by Crippen LogP contribution is -1.74.